The van der Waals surface area contributed by atoms with Crippen molar-refractivity contribution in [1.29, 1.82) is 0 Å². The zero-order valence-electron chi connectivity index (χ0n) is 10.3. The Kier molecular flexibility index (Phi) is 3.82. The minimum Gasteiger partial charge on any atom is -0.212 e. The first-order valence-corrected chi connectivity index (χ1v) is 7.26. The van der Waals surface area contributed by atoms with Crippen molar-refractivity contribution in [3.63, 3.8) is 0 Å². The van der Waals surface area contributed by atoms with E-state index in [9.17, 15) is 8.42 Å². The van der Waals surface area contributed by atoms with Crippen molar-refractivity contribution in [2.75, 3.05) is 6.54 Å². The monoisotopic (exact) mass is 233 g/mol. The first-order chi connectivity index (χ1) is 6.80. The number of hydrogen-bond acceptors (Lipinski definition) is 2. The quantitative estimate of drug-likeness (QED) is 0.540. The molecule has 0 bridgehead atoms. The summed E-state index contributed by atoms with van der Waals surface area (Å²) in [6.45, 7) is 8.21. The van der Waals surface area contributed by atoms with Crippen molar-refractivity contribution < 1.29 is 8.42 Å². The summed E-state index contributed by atoms with van der Waals surface area (Å²) in [5, 5.41) is 0. The molecule has 0 aromatic rings. The summed E-state index contributed by atoms with van der Waals surface area (Å²) in [5.74, 6) is 0. The minimum absolute atomic E-state index is 0.292. The Morgan fingerprint density at radius 2 is 1.87 bits per heavy atom. The molecule has 90 valence electrons. The SMILES string of the molecule is CCCCC[C@@H]1CN1S(=O)(=O)C(C)(C)C. The lowest BCUT2D eigenvalue weighted by Crippen LogP contribution is -2.34. The van der Waals surface area contributed by atoms with Crippen molar-refractivity contribution in [2.45, 2.75) is 64.2 Å². The van der Waals surface area contributed by atoms with Gasteiger partial charge in [0.05, 0.1) is 4.75 Å². The molecule has 0 amide bonds. The van der Waals surface area contributed by atoms with Crippen molar-refractivity contribution in [3.8, 4) is 0 Å². The van der Waals surface area contributed by atoms with Crippen LogP contribution in [0.1, 0.15) is 53.4 Å². The summed E-state index contributed by atoms with van der Waals surface area (Å²) in [6.07, 6.45) is 4.58. The average Bonchev–Trinajstić information content (AvgIpc) is 2.82. The van der Waals surface area contributed by atoms with Gasteiger partial charge < -0.3 is 0 Å². The Labute approximate surface area is 93.9 Å². The number of hydrogen-bond donors (Lipinski definition) is 0. The molecule has 4 heteroatoms. The third kappa shape index (κ3) is 2.94. The van der Waals surface area contributed by atoms with Gasteiger partial charge in [-0.05, 0) is 27.2 Å². The van der Waals surface area contributed by atoms with Crippen LogP contribution in [0.2, 0.25) is 0 Å². The van der Waals surface area contributed by atoms with E-state index in [-0.39, 0.29) is 0 Å². The Balaban J connectivity index is 2.44. The summed E-state index contributed by atoms with van der Waals surface area (Å²) >= 11 is 0. The maximum Gasteiger partial charge on any atom is 0.219 e. The lowest BCUT2D eigenvalue weighted by Gasteiger charge is -2.20. The van der Waals surface area contributed by atoms with E-state index in [0.29, 0.717) is 6.04 Å². The van der Waals surface area contributed by atoms with E-state index in [0.717, 1.165) is 19.4 Å². The lowest BCUT2D eigenvalue weighted by molar-refractivity contribution is 0.507. The summed E-state index contributed by atoms with van der Waals surface area (Å²) in [4.78, 5) is 0. The standard InChI is InChI=1S/C11H23NO2S/c1-5-6-7-8-10-9-12(10)15(13,14)11(2,3)4/h10H,5-9H2,1-4H3/t10-,12?/m1/s1. The van der Waals surface area contributed by atoms with Crippen LogP contribution in [0.15, 0.2) is 0 Å². The van der Waals surface area contributed by atoms with E-state index in [2.05, 4.69) is 6.92 Å². The first-order valence-electron chi connectivity index (χ1n) is 5.82. The topological polar surface area (TPSA) is 37.1 Å². The van der Waals surface area contributed by atoms with E-state index in [1.54, 1.807) is 25.1 Å². The molecule has 1 rings (SSSR count). The van der Waals surface area contributed by atoms with Gasteiger partial charge in [-0.2, -0.15) is 4.31 Å². The van der Waals surface area contributed by atoms with Gasteiger partial charge in [0.25, 0.3) is 0 Å². The smallest absolute Gasteiger partial charge is 0.212 e. The second kappa shape index (κ2) is 4.42. The number of sulfonamides is 1. The highest BCUT2D eigenvalue weighted by molar-refractivity contribution is 7.90. The van der Waals surface area contributed by atoms with Crippen LogP contribution in [-0.2, 0) is 10.0 Å². The van der Waals surface area contributed by atoms with Gasteiger partial charge in [0.1, 0.15) is 0 Å². The molecule has 0 N–H and O–H groups in total. The zero-order valence-corrected chi connectivity index (χ0v) is 11.1. The first kappa shape index (κ1) is 13.0. The lowest BCUT2D eigenvalue weighted by atomic mass is 10.2. The number of unbranched alkanes of at least 4 members (excludes halogenated alkanes) is 2. The van der Waals surface area contributed by atoms with E-state index in [1.165, 1.54) is 12.8 Å². The van der Waals surface area contributed by atoms with Gasteiger partial charge in [0.15, 0.2) is 0 Å². The summed E-state index contributed by atoms with van der Waals surface area (Å²) in [6, 6.07) is 0.292. The molecule has 3 nitrogen and oxygen atoms in total. The largest absolute Gasteiger partial charge is 0.219 e. The van der Waals surface area contributed by atoms with Crippen LogP contribution < -0.4 is 0 Å². The van der Waals surface area contributed by atoms with E-state index in [1.807, 2.05) is 0 Å². The molecule has 0 aromatic carbocycles. The van der Waals surface area contributed by atoms with Gasteiger partial charge >= 0.3 is 0 Å². The second-order valence-electron chi connectivity index (χ2n) is 5.34. The van der Waals surface area contributed by atoms with Crippen LogP contribution in [0.5, 0.6) is 0 Å². The molecule has 0 aliphatic carbocycles. The van der Waals surface area contributed by atoms with Crippen molar-refractivity contribution in [1.82, 2.24) is 4.31 Å². The summed E-state index contributed by atoms with van der Waals surface area (Å²) < 4.78 is 25.0. The van der Waals surface area contributed by atoms with Crippen LogP contribution in [0.25, 0.3) is 0 Å². The molecule has 0 saturated carbocycles. The van der Waals surface area contributed by atoms with Crippen LogP contribution in [0, 0.1) is 0 Å². The third-order valence-electron chi connectivity index (χ3n) is 2.89. The van der Waals surface area contributed by atoms with Gasteiger partial charge in [0, 0.05) is 12.6 Å². The Morgan fingerprint density at radius 1 is 1.27 bits per heavy atom. The van der Waals surface area contributed by atoms with Gasteiger partial charge in [0.2, 0.25) is 10.0 Å². The molecule has 1 fully saturated rings. The number of rotatable bonds is 5. The van der Waals surface area contributed by atoms with Crippen molar-refractivity contribution in [2.24, 2.45) is 0 Å². The van der Waals surface area contributed by atoms with E-state index < -0.39 is 14.8 Å². The van der Waals surface area contributed by atoms with Crippen LogP contribution in [0.4, 0.5) is 0 Å². The fourth-order valence-corrected chi connectivity index (χ4v) is 3.24. The van der Waals surface area contributed by atoms with Crippen LogP contribution in [0.3, 0.4) is 0 Å². The Bertz CT molecular complexity index is 303. The van der Waals surface area contributed by atoms with E-state index in [4.69, 9.17) is 0 Å². The molecular formula is C11H23NO2S. The Morgan fingerprint density at radius 3 is 2.33 bits per heavy atom. The van der Waals surface area contributed by atoms with Gasteiger partial charge in [-0.15, -0.1) is 0 Å². The van der Waals surface area contributed by atoms with Crippen LogP contribution >= 0.6 is 0 Å². The molecular weight excluding hydrogens is 210 g/mol. The predicted octanol–water partition coefficient (Wildman–Crippen LogP) is 2.38. The molecule has 1 saturated heterocycles. The third-order valence-corrected chi connectivity index (χ3v) is 5.50. The molecule has 1 unspecified atom stereocenters. The summed E-state index contributed by atoms with van der Waals surface area (Å²) in [7, 11) is -3.06. The van der Waals surface area contributed by atoms with Crippen molar-refractivity contribution in [3.05, 3.63) is 0 Å². The average molecular weight is 233 g/mol. The molecule has 1 aliphatic heterocycles. The molecule has 0 aromatic heterocycles. The highest BCUT2D eigenvalue weighted by Gasteiger charge is 2.48. The molecule has 0 radical (unpaired) electrons. The zero-order chi connectivity index (χ0) is 11.7. The van der Waals surface area contributed by atoms with Gasteiger partial charge in [-0.25, -0.2) is 8.42 Å². The molecule has 15 heavy (non-hydrogen) atoms. The molecule has 0 spiro atoms. The maximum absolute atomic E-state index is 12.0. The minimum atomic E-state index is -3.06. The molecule has 1 heterocycles. The predicted molar refractivity (Wildman–Crippen MR) is 63.3 cm³/mol. The molecule has 1 aliphatic rings. The maximum atomic E-state index is 12.0. The number of nitrogens with zero attached hydrogens (tertiary/aromatic N) is 1. The van der Waals surface area contributed by atoms with Crippen molar-refractivity contribution >= 4 is 10.0 Å². The molecule has 2 atom stereocenters. The Hall–Kier alpha value is -0.0900. The normalized spacial score (nSPS) is 26.7. The highest BCUT2D eigenvalue weighted by Crippen LogP contribution is 2.33. The van der Waals surface area contributed by atoms with Crippen LogP contribution in [-0.4, -0.2) is 30.1 Å². The highest BCUT2D eigenvalue weighted by atomic mass is 32.2. The van der Waals surface area contributed by atoms with Gasteiger partial charge in [-0.3, -0.25) is 0 Å². The van der Waals surface area contributed by atoms with E-state index >= 15 is 0 Å². The second-order valence-corrected chi connectivity index (χ2v) is 7.98. The van der Waals surface area contributed by atoms with Gasteiger partial charge in [-0.1, -0.05) is 26.2 Å². The summed E-state index contributed by atoms with van der Waals surface area (Å²) in [5.41, 5.74) is 0. The fourth-order valence-electron chi connectivity index (χ4n) is 1.67. The fraction of sp³-hybridized carbons (Fsp3) is 1.00.